The summed E-state index contributed by atoms with van der Waals surface area (Å²) in [5.41, 5.74) is 2.85. The molecule has 172 valence electrons. The van der Waals surface area contributed by atoms with Crippen LogP contribution in [0.25, 0.3) is 0 Å². The van der Waals surface area contributed by atoms with Gasteiger partial charge in [0.25, 0.3) is 0 Å². The molecule has 1 saturated carbocycles. The first kappa shape index (κ1) is 24.0. The van der Waals surface area contributed by atoms with Crippen molar-refractivity contribution in [3.63, 3.8) is 0 Å². The molecule has 4 atom stereocenters. The Morgan fingerprint density at radius 2 is 1.67 bits per heavy atom. The van der Waals surface area contributed by atoms with Gasteiger partial charge in [-0.1, -0.05) is 51.2 Å². The number of esters is 1. The minimum atomic E-state index is -2.20. The fourth-order valence-electron chi connectivity index (χ4n) is 5.87. The van der Waals surface area contributed by atoms with Crippen molar-refractivity contribution in [3.05, 3.63) is 11.1 Å². The molecular formula is C25H44O4Si. The third-order valence-corrected chi connectivity index (χ3v) is 12.6. The van der Waals surface area contributed by atoms with E-state index in [-0.39, 0.29) is 16.9 Å². The molecule has 0 bridgehead atoms. The third kappa shape index (κ3) is 4.19. The van der Waals surface area contributed by atoms with Gasteiger partial charge < -0.3 is 13.9 Å². The average molecular weight is 437 g/mol. The number of carbonyl (C=O) groups is 1. The Kier molecular flexibility index (Phi) is 7.26. The van der Waals surface area contributed by atoms with Crippen LogP contribution in [-0.4, -0.2) is 33.3 Å². The Labute approximate surface area is 185 Å². The van der Waals surface area contributed by atoms with Crippen LogP contribution in [0.5, 0.6) is 0 Å². The molecule has 5 heteroatoms. The predicted molar refractivity (Wildman–Crippen MR) is 124 cm³/mol. The van der Waals surface area contributed by atoms with E-state index in [9.17, 15) is 4.79 Å². The second-order valence-corrected chi connectivity index (χ2v) is 15.7. The summed E-state index contributed by atoms with van der Waals surface area (Å²) in [6.45, 7) is 16.3. The minimum Gasteiger partial charge on any atom is -0.465 e. The summed E-state index contributed by atoms with van der Waals surface area (Å²) in [5, 5.41) is 0.0425. The predicted octanol–water partition coefficient (Wildman–Crippen LogP) is 6.61. The Hall–Kier alpha value is -0.653. The van der Waals surface area contributed by atoms with Crippen molar-refractivity contribution >= 4 is 14.3 Å². The first-order valence-electron chi connectivity index (χ1n) is 12.3. The van der Waals surface area contributed by atoms with Gasteiger partial charge >= 0.3 is 5.97 Å². The van der Waals surface area contributed by atoms with E-state index in [0.717, 1.165) is 25.7 Å². The molecule has 0 saturated heterocycles. The number of ether oxygens (including phenoxy) is 2. The van der Waals surface area contributed by atoms with Gasteiger partial charge in [-0.25, -0.2) is 0 Å². The lowest BCUT2D eigenvalue weighted by atomic mass is 9.65. The summed E-state index contributed by atoms with van der Waals surface area (Å²) in [6, 6.07) is 0. The normalized spacial score (nSPS) is 32.4. The Bertz CT molecular complexity index is 663. The summed E-state index contributed by atoms with van der Waals surface area (Å²) in [5.74, 6) is -0.709. The zero-order valence-electron chi connectivity index (χ0n) is 20.4. The van der Waals surface area contributed by atoms with Crippen LogP contribution in [0.3, 0.4) is 0 Å². The van der Waals surface area contributed by atoms with Gasteiger partial charge in [0, 0.05) is 12.5 Å². The Balaban J connectivity index is 2.20. The highest BCUT2D eigenvalue weighted by Gasteiger charge is 2.62. The van der Waals surface area contributed by atoms with E-state index in [4.69, 9.17) is 13.9 Å². The van der Waals surface area contributed by atoms with E-state index in [1.807, 2.05) is 13.8 Å². The van der Waals surface area contributed by atoms with Crippen LogP contribution < -0.4 is 0 Å². The maximum absolute atomic E-state index is 13.5. The summed E-state index contributed by atoms with van der Waals surface area (Å²) in [4.78, 5) is 13.5. The largest absolute Gasteiger partial charge is 0.465 e. The van der Waals surface area contributed by atoms with Gasteiger partial charge in [-0.2, -0.15) is 0 Å². The van der Waals surface area contributed by atoms with Crippen LogP contribution in [0.1, 0.15) is 86.0 Å². The van der Waals surface area contributed by atoms with Crippen LogP contribution >= 0.6 is 0 Å². The van der Waals surface area contributed by atoms with Crippen molar-refractivity contribution in [3.8, 4) is 0 Å². The van der Waals surface area contributed by atoms with Gasteiger partial charge in [-0.05, 0) is 70.0 Å². The SMILES string of the molecule is CCOC(=O)[C@H]1C2=C(CCC2)[C@@H]2CCCCC[C@@H]2C1(OCC)O[Si](C)(C)C(C)(C)C. The van der Waals surface area contributed by atoms with Gasteiger partial charge in [0.05, 0.1) is 6.61 Å². The zero-order chi connectivity index (χ0) is 22.2. The van der Waals surface area contributed by atoms with Crippen LogP contribution in [0.2, 0.25) is 18.1 Å². The zero-order valence-corrected chi connectivity index (χ0v) is 21.4. The molecule has 0 amide bonds. The molecule has 30 heavy (non-hydrogen) atoms. The first-order chi connectivity index (χ1) is 14.1. The van der Waals surface area contributed by atoms with Gasteiger partial charge in [0.15, 0.2) is 14.1 Å². The third-order valence-electron chi connectivity index (χ3n) is 8.15. The molecule has 3 aliphatic rings. The molecule has 3 aliphatic carbocycles. The van der Waals surface area contributed by atoms with E-state index < -0.39 is 20.0 Å². The van der Waals surface area contributed by atoms with Crippen molar-refractivity contribution in [2.45, 2.75) is 110 Å². The highest BCUT2D eigenvalue weighted by Crippen LogP contribution is 2.58. The summed E-state index contributed by atoms with van der Waals surface area (Å²) in [7, 11) is -2.20. The van der Waals surface area contributed by atoms with E-state index in [1.165, 1.54) is 31.3 Å². The van der Waals surface area contributed by atoms with Crippen molar-refractivity contribution in [2.24, 2.45) is 17.8 Å². The lowest BCUT2D eigenvalue weighted by molar-refractivity contribution is -0.263. The van der Waals surface area contributed by atoms with Crippen LogP contribution in [0, 0.1) is 17.8 Å². The maximum atomic E-state index is 13.5. The molecule has 1 fully saturated rings. The minimum absolute atomic E-state index is 0.0425. The average Bonchev–Trinajstić information content (AvgIpc) is 2.97. The lowest BCUT2D eigenvalue weighted by Crippen LogP contribution is -2.63. The summed E-state index contributed by atoms with van der Waals surface area (Å²) >= 11 is 0. The second-order valence-electron chi connectivity index (χ2n) is 11.0. The lowest BCUT2D eigenvalue weighted by Gasteiger charge is -2.55. The summed E-state index contributed by atoms with van der Waals surface area (Å²) < 4.78 is 19.6. The molecule has 0 radical (unpaired) electrons. The number of hydrogen-bond acceptors (Lipinski definition) is 4. The molecule has 0 aromatic rings. The molecule has 0 aromatic carbocycles. The number of rotatable bonds is 6. The number of hydrogen-bond donors (Lipinski definition) is 0. The molecule has 0 aromatic heterocycles. The monoisotopic (exact) mass is 436 g/mol. The van der Waals surface area contributed by atoms with E-state index in [2.05, 4.69) is 33.9 Å². The van der Waals surface area contributed by atoms with Gasteiger partial charge in [0.2, 0.25) is 0 Å². The molecule has 0 N–H and O–H groups in total. The van der Waals surface area contributed by atoms with Crippen molar-refractivity contribution in [1.29, 1.82) is 0 Å². The fraction of sp³-hybridized carbons (Fsp3) is 0.880. The maximum Gasteiger partial charge on any atom is 0.318 e. The van der Waals surface area contributed by atoms with E-state index >= 15 is 0 Å². The highest BCUT2D eigenvalue weighted by atomic mass is 28.4. The van der Waals surface area contributed by atoms with Crippen LogP contribution in [0.15, 0.2) is 11.1 Å². The van der Waals surface area contributed by atoms with Gasteiger partial charge in [-0.15, -0.1) is 0 Å². The second kappa shape index (κ2) is 9.07. The highest BCUT2D eigenvalue weighted by molar-refractivity contribution is 6.74. The number of allylic oxidation sites excluding steroid dienone is 1. The van der Waals surface area contributed by atoms with Crippen molar-refractivity contribution < 1.29 is 18.7 Å². The first-order valence-corrected chi connectivity index (χ1v) is 15.2. The molecule has 3 rings (SSSR count). The standard InChI is InChI=1S/C25H44O4Si/c1-8-27-23(26)22-20-16-13-15-18(20)19-14-11-10-12-17-21(19)25(22,28-9-2)29-30(6,7)24(3,4)5/h19,21-22H,8-17H2,1-7H3/t19-,21-,22+,25?/m0/s1. The molecule has 4 nitrogen and oxygen atoms in total. The smallest absolute Gasteiger partial charge is 0.318 e. The van der Waals surface area contributed by atoms with Gasteiger partial charge in [0.1, 0.15) is 5.92 Å². The quantitative estimate of drug-likeness (QED) is 0.203. The summed E-state index contributed by atoms with van der Waals surface area (Å²) in [6.07, 6.45) is 9.26. The van der Waals surface area contributed by atoms with Crippen LogP contribution in [0.4, 0.5) is 0 Å². The van der Waals surface area contributed by atoms with E-state index in [0.29, 0.717) is 19.1 Å². The molecular weight excluding hydrogens is 392 g/mol. The Morgan fingerprint density at radius 1 is 1.00 bits per heavy atom. The fourth-order valence-corrected chi connectivity index (χ4v) is 7.30. The number of carbonyl (C=O) groups excluding carboxylic acids is 1. The Morgan fingerprint density at radius 3 is 2.30 bits per heavy atom. The van der Waals surface area contributed by atoms with Crippen LogP contribution in [-0.2, 0) is 18.7 Å². The molecule has 0 spiro atoms. The van der Waals surface area contributed by atoms with Crippen molar-refractivity contribution in [1.82, 2.24) is 0 Å². The molecule has 0 aliphatic heterocycles. The topological polar surface area (TPSA) is 44.8 Å². The number of fused-ring (bicyclic) bond motifs is 2. The molecule has 1 unspecified atom stereocenters. The van der Waals surface area contributed by atoms with E-state index in [1.54, 1.807) is 5.57 Å². The molecule has 0 heterocycles. The van der Waals surface area contributed by atoms with Gasteiger partial charge in [-0.3, -0.25) is 4.79 Å². The van der Waals surface area contributed by atoms with Crippen molar-refractivity contribution in [2.75, 3.05) is 13.2 Å².